The van der Waals surface area contributed by atoms with Gasteiger partial charge in [-0.15, -0.1) is 11.3 Å². The number of carbonyl (C=O) groups excluding carboxylic acids is 2. The molecule has 0 fully saturated rings. The minimum Gasteiger partial charge on any atom is -0.365 e. The van der Waals surface area contributed by atoms with Gasteiger partial charge in [-0.05, 0) is 43.9 Å². The number of hydrogen-bond acceptors (Lipinski definition) is 3. The van der Waals surface area contributed by atoms with Crippen LogP contribution in [0.15, 0.2) is 18.2 Å². The zero-order valence-electron chi connectivity index (χ0n) is 14.3. The molecule has 0 saturated heterocycles. The SMILES string of the molecule is C[C@@H]([NH2+]CC(=O)Nc1sc2c(c1C(N)=O)CCC2)c1ccc(Cl)cc1Cl. The first-order valence-electron chi connectivity index (χ1n) is 8.39. The molecule has 2 amide bonds. The van der Waals surface area contributed by atoms with Crippen LogP contribution in [-0.2, 0) is 17.6 Å². The highest BCUT2D eigenvalue weighted by Gasteiger charge is 2.26. The van der Waals surface area contributed by atoms with Gasteiger partial charge in [0.2, 0.25) is 0 Å². The second kappa shape index (κ2) is 7.96. The summed E-state index contributed by atoms with van der Waals surface area (Å²) in [5, 5.41) is 6.45. The average molecular weight is 413 g/mol. The number of primary amides is 1. The smallest absolute Gasteiger partial charge is 0.280 e. The van der Waals surface area contributed by atoms with Crippen molar-refractivity contribution in [1.82, 2.24) is 0 Å². The zero-order valence-corrected chi connectivity index (χ0v) is 16.6. The minimum atomic E-state index is -0.481. The fraction of sp³-hybridized carbons (Fsp3) is 0.333. The maximum Gasteiger partial charge on any atom is 0.280 e. The Morgan fingerprint density at radius 2 is 2.12 bits per heavy atom. The van der Waals surface area contributed by atoms with E-state index in [0.29, 0.717) is 20.6 Å². The van der Waals surface area contributed by atoms with Gasteiger partial charge in [-0.3, -0.25) is 9.59 Å². The first-order chi connectivity index (χ1) is 12.4. The maximum absolute atomic E-state index is 12.3. The molecule has 1 aromatic carbocycles. The lowest BCUT2D eigenvalue weighted by Gasteiger charge is -2.13. The maximum atomic E-state index is 12.3. The Kier molecular flexibility index (Phi) is 5.87. The molecule has 0 bridgehead atoms. The van der Waals surface area contributed by atoms with Crippen molar-refractivity contribution < 1.29 is 14.9 Å². The molecule has 0 radical (unpaired) electrons. The number of carbonyl (C=O) groups is 2. The standard InChI is InChI=1S/C18H19Cl2N3O2S/c1-9(11-6-5-10(19)7-13(11)20)22-8-15(24)23-18-16(17(21)25)12-3-2-4-14(12)26-18/h5-7,9,22H,2-4,8H2,1H3,(H2,21,25)(H,23,24)/p+1/t9-/m1/s1. The summed E-state index contributed by atoms with van der Waals surface area (Å²) in [5.74, 6) is -0.658. The summed E-state index contributed by atoms with van der Waals surface area (Å²) >= 11 is 13.6. The first kappa shape index (κ1) is 19.2. The van der Waals surface area contributed by atoms with E-state index in [2.05, 4.69) is 5.32 Å². The predicted octanol–water partition coefficient (Wildman–Crippen LogP) is 2.91. The number of aryl methyl sites for hydroxylation is 1. The molecule has 0 spiro atoms. The van der Waals surface area contributed by atoms with Gasteiger partial charge in [-0.2, -0.15) is 0 Å². The van der Waals surface area contributed by atoms with Crippen LogP contribution >= 0.6 is 34.5 Å². The normalized spacial score (nSPS) is 14.1. The number of rotatable bonds is 6. The van der Waals surface area contributed by atoms with Crippen molar-refractivity contribution in [2.45, 2.75) is 32.2 Å². The number of nitrogens with two attached hydrogens (primary N) is 2. The summed E-state index contributed by atoms with van der Waals surface area (Å²) in [5.41, 5.74) is 7.91. The van der Waals surface area contributed by atoms with Crippen LogP contribution in [-0.4, -0.2) is 18.4 Å². The second-order valence-electron chi connectivity index (χ2n) is 6.37. The summed E-state index contributed by atoms with van der Waals surface area (Å²) in [7, 11) is 0. The van der Waals surface area contributed by atoms with Gasteiger partial charge in [0, 0.05) is 15.5 Å². The number of amides is 2. The fourth-order valence-corrected chi connectivity index (χ4v) is 5.10. The largest absolute Gasteiger partial charge is 0.365 e. The van der Waals surface area contributed by atoms with Crippen LogP contribution in [0.25, 0.3) is 0 Å². The number of halogens is 2. The molecule has 1 heterocycles. The third kappa shape index (κ3) is 4.04. The van der Waals surface area contributed by atoms with Crippen molar-refractivity contribution in [1.29, 1.82) is 0 Å². The van der Waals surface area contributed by atoms with Crippen molar-refractivity contribution in [3.8, 4) is 0 Å². The van der Waals surface area contributed by atoms with E-state index in [4.69, 9.17) is 28.9 Å². The molecular weight excluding hydrogens is 393 g/mol. The molecule has 1 atom stereocenters. The van der Waals surface area contributed by atoms with Gasteiger partial charge in [0.05, 0.1) is 10.6 Å². The van der Waals surface area contributed by atoms with Gasteiger partial charge >= 0.3 is 0 Å². The lowest BCUT2D eigenvalue weighted by molar-refractivity contribution is -0.682. The van der Waals surface area contributed by atoms with Crippen LogP contribution in [0.1, 0.15) is 45.7 Å². The Morgan fingerprint density at radius 3 is 2.81 bits per heavy atom. The minimum absolute atomic E-state index is 0.00512. The van der Waals surface area contributed by atoms with E-state index in [1.54, 1.807) is 12.1 Å². The molecule has 5 nitrogen and oxygen atoms in total. The molecular formula is C18H20Cl2N3O2S+. The molecule has 8 heteroatoms. The number of thiophene rings is 1. The number of benzene rings is 1. The third-order valence-corrected chi connectivity index (χ3v) is 6.30. The van der Waals surface area contributed by atoms with Crippen LogP contribution in [0.2, 0.25) is 10.0 Å². The molecule has 5 N–H and O–H groups in total. The summed E-state index contributed by atoms with van der Waals surface area (Å²) < 4.78 is 0. The molecule has 0 aliphatic heterocycles. The Labute approximate surface area is 165 Å². The van der Waals surface area contributed by atoms with Crippen molar-refractivity contribution in [2.75, 3.05) is 11.9 Å². The monoisotopic (exact) mass is 412 g/mol. The number of anilines is 1. The van der Waals surface area contributed by atoms with E-state index >= 15 is 0 Å². The Bertz CT molecular complexity index is 866. The van der Waals surface area contributed by atoms with Crippen molar-refractivity contribution >= 4 is 51.4 Å². The summed E-state index contributed by atoms with van der Waals surface area (Å²) in [6, 6.07) is 5.32. The van der Waals surface area contributed by atoms with E-state index in [1.807, 2.05) is 18.3 Å². The fourth-order valence-electron chi connectivity index (χ4n) is 3.21. The summed E-state index contributed by atoms with van der Waals surface area (Å²) in [6.45, 7) is 2.18. The Morgan fingerprint density at radius 1 is 1.35 bits per heavy atom. The van der Waals surface area contributed by atoms with Crippen molar-refractivity contribution in [2.24, 2.45) is 5.73 Å². The molecule has 26 heavy (non-hydrogen) atoms. The molecule has 1 aliphatic rings. The topological polar surface area (TPSA) is 88.8 Å². The summed E-state index contributed by atoms with van der Waals surface area (Å²) in [6.07, 6.45) is 2.81. The van der Waals surface area contributed by atoms with Gasteiger partial charge in [-0.1, -0.05) is 29.3 Å². The highest BCUT2D eigenvalue weighted by atomic mass is 35.5. The molecule has 0 saturated carbocycles. The van der Waals surface area contributed by atoms with Crippen LogP contribution in [0, 0.1) is 0 Å². The second-order valence-corrected chi connectivity index (χ2v) is 8.32. The number of hydrogen-bond donors (Lipinski definition) is 3. The van der Waals surface area contributed by atoms with E-state index < -0.39 is 5.91 Å². The van der Waals surface area contributed by atoms with Crippen LogP contribution in [0.5, 0.6) is 0 Å². The molecule has 0 unspecified atom stereocenters. The van der Waals surface area contributed by atoms with Crippen molar-refractivity contribution in [3.63, 3.8) is 0 Å². The van der Waals surface area contributed by atoms with E-state index in [-0.39, 0.29) is 18.5 Å². The Balaban J connectivity index is 1.64. The Hall–Kier alpha value is -1.60. The summed E-state index contributed by atoms with van der Waals surface area (Å²) in [4.78, 5) is 25.3. The average Bonchev–Trinajstić information content (AvgIpc) is 3.12. The van der Waals surface area contributed by atoms with Gasteiger partial charge in [0.15, 0.2) is 6.54 Å². The van der Waals surface area contributed by atoms with Gasteiger partial charge < -0.3 is 16.4 Å². The van der Waals surface area contributed by atoms with Crippen LogP contribution in [0.3, 0.4) is 0 Å². The van der Waals surface area contributed by atoms with E-state index in [9.17, 15) is 9.59 Å². The van der Waals surface area contributed by atoms with E-state index in [0.717, 1.165) is 35.3 Å². The quantitative estimate of drug-likeness (QED) is 0.680. The zero-order chi connectivity index (χ0) is 18.8. The number of quaternary nitrogens is 1. The van der Waals surface area contributed by atoms with E-state index in [1.165, 1.54) is 11.3 Å². The molecule has 138 valence electrons. The predicted molar refractivity (Wildman–Crippen MR) is 105 cm³/mol. The molecule has 1 aromatic heterocycles. The van der Waals surface area contributed by atoms with Crippen LogP contribution in [0.4, 0.5) is 5.00 Å². The lowest BCUT2D eigenvalue weighted by Crippen LogP contribution is -2.86. The van der Waals surface area contributed by atoms with Gasteiger partial charge in [-0.25, -0.2) is 0 Å². The van der Waals surface area contributed by atoms with Crippen molar-refractivity contribution in [3.05, 3.63) is 49.8 Å². The number of fused-ring (bicyclic) bond motifs is 1. The van der Waals surface area contributed by atoms with Crippen LogP contribution < -0.4 is 16.4 Å². The highest BCUT2D eigenvalue weighted by Crippen LogP contribution is 2.38. The third-order valence-electron chi connectivity index (χ3n) is 4.53. The molecule has 2 aromatic rings. The lowest BCUT2D eigenvalue weighted by atomic mass is 10.1. The number of nitrogens with one attached hydrogen (secondary N) is 1. The van der Waals surface area contributed by atoms with Gasteiger partial charge in [0.1, 0.15) is 11.0 Å². The molecule has 1 aliphatic carbocycles. The highest BCUT2D eigenvalue weighted by molar-refractivity contribution is 7.17. The first-order valence-corrected chi connectivity index (χ1v) is 9.96. The van der Waals surface area contributed by atoms with Gasteiger partial charge in [0.25, 0.3) is 11.8 Å². The molecule has 3 rings (SSSR count).